The number of ether oxygens (including phenoxy) is 4. The van der Waals surface area contributed by atoms with Gasteiger partial charge < -0.3 is 23.8 Å². The van der Waals surface area contributed by atoms with E-state index in [4.69, 9.17) is 42.1 Å². The first-order valence-corrected chi connectivity index (χ1v) is 18.8. The van der Waals surface area contributed by atoms with E-state index in [1.807, 2.05) is 18.2 Å². The molecular formula is C41H48Cl2N2O7. The van der Waals surface area contributed by atoms with Crippen molar-refractivity contribution in [2.24, 2.45) is 17.8 Å². The fourth-order valence-electron chi connectivity index (χ4n) is 7.38. The zero-order valence-corrected chi connectivity index (χ0v) is 32.4. The monoisotopic (exact) mass is 750 g/mol. The summed E-state index contributed by atoms with van der Waals surface area (Å²) in [6.07, 6.45) is 1.47. The summed E-state index contributed by atoms with van der Waals surface area (Å²) in [5.41, 5.74) is 3.04. The average molecular weight is 752 g/mol. The van der Waals surface area contributed by atoms with Gasteiger partial charge in [0.1, 0.15) is 35.9 Å². The third kappa shape index (κ3) is 8.31. The van der Waals surface area contributed by atoms with Crippen molar-refractivity contribution in [3.8, 4) is 11.5 Å². The summed E-state index contributed by atoms with van der Waals surface area (Å²) >= 11 is 12.2. The molecule has 52 heavy (non-hydrogen) atoms. The van der Waals surface area contributed by atoms with E-state index in [-0.39, 0.29) is 30.9 Å². The zero-order chi connectivity index (χ0) is 37.5. The Morgan fingerprint density at radius 1 is 0.981 bits per heavy atom. The molecule has 5 atom stereocenters. The maximum Gasteiger partial charge on any atom is 0.411 e. The number of benzene rings is 3. The van der Waals surface area contributed by atoms with E-state index in [2.05, 4.69) is 20.8 Å². The number of anilines is 1. The predicted molar refractivity (Wildman–Crippen MR) is 201 cm³/mol. The topological polar surface area (TPSA) is 94.6 Å². The van der Waals surface area contributed by atoms with Gasteiger partial charge in [0, 0.05) is 19.0 Å². The Morgan fingerprint density at radius 3 is 2.38 bits per heavy atom. The molecule has 0 aromatic heterocycles. The maximum absolute atomic E-state index is 14.0. The number of halogens is 2. The van der Waals surface area contributed by atoms with Crippen molar-refractivity contribution in [1.82, 2.24) is 4.90 Å². The van der Waals surface area contributed by atoms with Crippen LogP contribution >= 0.6 is 23.2 Å². The summed E-state index contributed by atoms with van der Waals surface area (Å²) in [5.74, 6) is 1.56. The Kier molecular flexibility index (Phi) is 11.0. The van der Waals surface area contributed by atoms with Crippen molar-refractivity contribution >= 4 is 46.9 Å². The Morgan fingerprint density at radius 2 is 1.71 bits per heavy atom. The minimum atomic E-state index is -0.889. The fraction of sp³-hybridized carbons (Fsp3) is 0.488. The van der Waals surface area contributed by atoms with Gasteiger partial charge in [-0.1, -0.05) is 68.6 Å². The molecule has 3 aromatic rings. The van der Waals surface area contributed by atoms with Crippen LogP contribution in [0.15, 0.2) is 54.6 Å². The van der Waals surface area contributed by atoms with Crippen molar-refractivity contribution in [2.45, 2.75) is 104 Å². The van der Waals surface area contributed by atoms with Crippen molar-refractivity contribution in [3.63, 3.8) is 0 Å². The standard InChI is InChI=1S/C41H48Cl2N2O7/c1-23(2)30-14-8-24(3)16-35(30)51-39(47)34-19-27-18-33-36(20-28(27)21-45(34)40(48)52-41(4,5)6)50-37(38(46)44(33)7)26-10-12-29(13-11-26)49-22-25-9-15-31(42)32(43)17-25/h9-13,15,17-18,20,23-24,30,34-35,37H,8,14,16,19,21-22H2,1-7H3/t24-,30+,34?,35-,37?/m1/s1. The van der Waals surface area contributed by atoms with Crippen molar-refractivity contribution < 1.29 is 33.3 Å². The second-order valence-corrected chi connectivity index (χ2v) is 16.5. The Bertz CT molecular complexity index is 1820. The quantitative estimate of drug-likeness (QED) is 0.222. The highest BCUT2D eigenvalue weighted by atomic mass is 35.5. The van der Waals surface area contributed by atoms with Gasteiger partial charge in [-0.15, -0.1) is 0 Å². The molecule has 6 rings (SSSR count). The van der Waals surface area contributed by atoms with Gasteiger partial charge in [0.25, 0.3) is 5.91 Å². The third-order valence-electron chi connectivity index (χ3n) is 10.3. The van der Waals surface area contributed by atoms with Crippen LogP contribution in [-0.4, -0.2) is 47.7 Å². The van der Waals surface area contributed by atoms with Crippen LogP contribution in [0.25, 0.3) is 0 Å². The summed E-state index contributed by atoms with van der Waals surface area (Å²) in [6.45, 7) is 12.4. The molecule has 0 bridgehead atoms. The average Bonchev–Trinajstić information content (AvgIpc) is 3.08. The lowest BCUT2D eigenvalue weighted by Gasteiger charge is -2.41. The molecule has 0 saturated heterocycles. The van der Waals surface area contributed by atoms with E-state index in [1.165, 1.54) is 4.90 Å². The number of likely N-dealkylation sites (N-methyl/N-ethyl adjacent to an activating group) is 1. The van der Waals surface area contributed by atoms with E-state index in [0.717, 1.165) is 36.0 Å². The first kappa shape index (κ1) is 37.8. The Hall–Kier alpha value is -3.95. The lowest BCUT2D eigenvalue weighted by atomic mass is 9.75. The second kappa shape index (κ2) is 15.2. The molecule has 2 aliphatic heterocycles. The molecule has 2 unspecified atom stereocenters. The van der Waals surface area contributed by atoms with Gasteiger partial charge in [-0.3, -0.25) is 9.69 Å². The number of hydrogen-bond acceptors (Lipinski definition) is 7. The molecule has 3 aliphatic rings. The molecule has 3 aromatic carbocycles. The number of rotatable bonds is 7. The summed E-state index contributed by atoms with van der Waals surface area (Å²) in [7, 11) is 1.72. The van der Waals surface area contributed by atoms with Gasteiger partial charge in [0.2, 0.25) is 6.10 Å². The van der Waals surface area contributed by atoms with E-state index >= 15 is 0 Å². The van der Waals surface area contributed by atoms with E-state index in [0.29, 0.717) is 51.2 Å². The first-order valence-electron chi connectivity index (χ1n) is 18.0. The van der Waals surface area contributed by atoms with Crippen LogP contribution in [-0.2, 0) is 38.6 Å². The highest BCUT2D eigenvalue weighted by Gasteiger charge is 2.43. The predicted octanol–water partition coefficient (Wildman–Crippen LogP) is 9.33. The second-order valence-electron chi connectivity index (χ2n) is 15.7. The summed E-state index contributed by atoms with van der Waals surface area (Å²) < 4.78 is 24.4. The van der Waals surface area contributed by atoms with Gasteiger partial charge in [-0.2, -0.15) is 0 Å². The van der Waals surface area contributed by atoms with Crippen LogP contribution in [0, 0.1) is 17.8 Å². The zero-order valence-electron chi connectivity index (χ0n) is 30.9. The molecule has 0 N–H and O–H groups in total. The highest BCUT2D eigenvalue weighted by molar-refractivity contribution is 6.42. The largest absolute Gasteiger partial charge is 0.489 e. The lowest BCUT2D eigenvalue weighted by Crippen LogP contribution is -2.52. The van der Waals surface area contributed by atoms with Crippen LogP contribution in [0.4, 0.5) is 10.5 Å². The molecule has 9 nitrogen and oxygen atoms in total. The van der Waals surface area contributed by atoms with Gasteiger partial charge >= 0.3 is 12.1 Å². The fourth-order valence-corrected chi connectivity index (χ4v) is 7.70. The first-order chi connectivity index (χ1) is 24.6. The molecule has 0 spiro atoms. The molecule has 0 radical (unpaired) electrons. The minimum Gasteiger partial charge on any atom is -0.489 e. The molecule has 2 heterocycles. The van der Waals surface area contributed by atoms with Gasteiger partial charge in [-0.05, 0) is 104 Å². The van der Waals surface area contributed by atoms with E-state index < -0.39 is 29.8 Å². The van der Waals surface area contributed by atoms with Gasteiger partial charge in [0.05, 0.1) is 22.3 Å². The Labute approximate surface area is 316 Å². The van der Waals surface area contributed by atoms with Crippen LogP contribution in [0.2, 0.25) is 10.0 Å². The molecule has 1 aliphatic carbocycles. The molecule has 278 valence electrons. The highest BCUT2D eigenvalue weighted by Crippen LogP contribution is 2.43. The summed E-state index contributed by atoms with van der Waals surface area (Å²) in [6, 6.07) is 15.4. The van der Waals surface area contributed by atoms with Crippen LogP contribution in [0.5, 0.6) is 11.5 Å². The maximum atomic E-state index is 14.0. The molecule has 2 amide bonds. The smallest absolute Gasteiger partial charge is 0.411 e. The lowest BCUT2D eigenvalue weighted by molar-refractivity contribution is -0.162. The van der Waals surface area contributed by atoms with Crippen molar-refractivity contribution in [1.29, 1.82) is 0 Å². The number of esters is 1. The number of carbonyl (C=O) groups is 3. The van der Waals surface area contributed by atoms with Crippen molar-refractivity contribution in [2.75, 3.05) is 11.9 Å². The number of amides is 2. The number of fused-ring (bicyclic) bond motifs is 2. The normalized spacial score (nSPS) is 23.0. The van der Waals surface area contributed by atoms with Gasteiger partial charge in [-0.25, -0.2) is 9.59 Å². The Balaban J connectivity index is 1.22. The summed E-state index contributed by atoms with van der Waals surface area (Å²) in [4.78, 5) is 44.4. The molecule has 1 fully saturated rings. The number of nitrogens with zero attached hydrogens (tertiary/aromatic N) is 2. The molecule has 11 heteroatoms. The molecular weight excluding hydrogens is 703 g/mol. The van der Waals surface area contributed by atoms with Gasteiger partial charge in [0.15, 0.2) is 0 Å². The van der Waals surface area contributed by atoms with E-state index in [1.54, 1.807) is 69.1 Å². The minimum absolute atomic E-state index is 0.128. The third-order valence-corrected chi connectivity index (χ3v) is 11.0. The van der Waals surface area contributed by atoms with Crippen LogP contribution < -0.4 is 14.4 Å². The van der Waals surface area contributed by atoms with Crippen LogP contribution in [0.3, 0.4) is 0 Å². The SMILES string of the molecule is CC(C)[C@@H]1CC[C@@H](C)C[C@H]1OC(=O)C1Cc2cc3c(cc2CN1C(=O)OC(C)(C)C)OC(c1ccc(OCc2ccc(Cl)c(Cl)c2)cc1)C(=O)N3C. The molecule has 1 saturated carbocycles. The van der Waals surface area contributed by atoms with Crippen LogP contribution in [0.1, 0.15) is 89.2 Å². The number of carbonyl (C=O) groups excluding carboxylic acids is 3. The van der Waals surface area contributed by atoms with Crippen molar-refractivity contribution in [3.05, 3.63) is 86.9 Å². The summed E-state index contributed by atoms with van der Waals surface area (Å²) in [5, 5.41) is 0.938. The van der Waals surface area contributed by atoms with E-state index in [9.17, 15) is 14.4 Å². The number of hydrogen-bond donors (Lipinski definition) is 0.